The number of benzene rings is 1. The third kappa shape index (κ3) is 2.33. The molecule has 0 aliphatic rings. The number of hydrogen-bond donors (Lipinski definition) is 0. The molecule has 3 nitrogen and oxygen atoms in total. The average molecular weight is 227 g/mol. The highest BCUT2D eigenvalue weighted by atomic mass is 16.5. The molecular formula is C14H13NO2. The molecule has 0 aliphatic heterocycles. The van der Waals surface area contributed by atoms with Gasteiger partial charge in [-0.15, -0.1) is 0 Å². The van der Waals surface area contributed by atoms with Gasteiger partial charge in [0.25, 0.3) is 0 Å². The maximum absolute atomic E-state index is 10.7. The van der Waals surface area contributed by atoms with Crippen molar-refractivity contribution in [3.05, 3.63) is 47.8 Å². The van der Waals surface area contributed by atoms with Crippen LogP contribution in [0.3, 0.4) is 0 Å². The normalized spacial score (nSPS) is 10.0. The Labute approximate surface area is 100 Å². The van der Waals surface area contributed by atoms with E-state index in [1.807, 2.05) is 31.2 Å². The van der Waals surface area contributed by atoms with Gasteiger partial charge >= 0.3 is 0 Å². The van der Waals surface area contributed by atoms with E-state index in [0.29, 0.717) is 5.56 Å². The molecule has 1 aromatic heterocycles. The Morgan fingerprint density at radius 1 is 1.18 bits per heavy atom. The second-order valence-electron chi connectivity index (χ2n) is 3.81. The number of nitrogens with zero attached hydrogens (tertiary/aromatic N) is 1. The lowest BCUT2D eigenvalue weighted by Gasteiger charge is -2.07. The van der Waals surface area contributed by atoms with E-state index >= 15 is 0 Å². The van der Waals surface area contributed by atoms with E-state index in [9.17, 15) is 4.79 Å². The summed E-state index contributed by atoms with van der Waals surface area (Å²) < 4.78 is 5.21. The van der Waals surface area contributed by atoms with Crippen LogP contribution in [-0.4, -0.2) is 18.4 Å². The van der Waals surface area contributed by atoms with Crippen LogP contribution in [0.1, 0.15) is 15.9 Å². The first-order chi connectivity index (χ1) is 8.24. The Morgan fingerprint density at radius 3 is 2.65 bits per heavy atom. The van der Waals surface area contributed by atoms with Gasteiger partial charge in [0.15, 0.2) is 6.29 Å². The Kier molecular flexibility index (Phi) is 3.19. The molecule has 0 amide bonds. The summed E-state index contributed by atoms with van der Waals surface area (Å²) in [5.41, 5.74) is 3.59. The number of carbonyl (C=O) groups is 1. The van der Waals surface area contributed by atoms with Crippen molar-refractivity contribution in [1.29, 1.82) is 0 Å². The lowest BCUT2D eigenvalue weighted by Crippen LogP contribution is -1.89. The van der Waals surface area contributed by atoms with Crippen LogP contribution < -0.4 is 4.74 Å². The zero-order chi connectivity index (χ0) is 12.3. The van der Waals surface area contributed by atoms with Crippen molar-refractivity contribution in [1.82, 2.24) is 4.98 Å². The monoisotopic (exact) mass is 227 g/mol. The van der Waals surface area contributed by atoms with Gasteiger partial charge in [0.1, 0.15) is 5.75 Å². The number of pyridine rings is 1. The van der Waals surface area contributed by atoms with Crippen LogP contribution in [0.2, 0.25) is 0 Å². The molecule has 0 saturated heterocycles. The lowest BCUT2D eigenvalue weighted by molar-refractivity contribution is 0.112. The second-order valence-corrected chi connectivity index (χ2v) is 3.81. The number of aryl methyl sites for hydroxylation is 1. The molecule has 2 rings (SSSR count). The van der Waals surface area contributed by atoms with Gasteiger partial charge in [0, 0.05) is 23.5 Å². The van der Waals surface area contributed by atoms with E-state index < -0.39 is 0 Å². The summed E-state index contributed by atoms with van der Waals surface area (Å²) in [6.07, 6.45) is 4.09. The fourth-order valence-corrected chi connectivity index (χ4v) is 1.74. The topological polar surface area (TPSA) is 39.2 Å². The molecular weight excluding hydrogens is 214 g/mol. The molecule has 86 valence electrons. The van der Waals surface area contributed by atoms with Gasteiger partial charge in [0.05, 0.1) is 7.11 Å². The molecule has 0 fully saturated rings. The highest BCUT2D eigenvalue weighted by Gasteiger charge is 2.03. The van der Waals surface area contributed by atoms with Gasteiger partial charge in [-0.1, -0.05) is 6.07 Å². The number of methoxy groups -OCH3 is 1. The van der Waals surface area contributed by atoms with E-state index in [-0.39, 0.29) is 0 Å². The third-order valence-corrected chi connectivity index (χ3v) is 2.62. The number of hydrogen-bond acceptors (Lipinski definition) is 3. The van der Waals surface area contributed by atoms with E-state index in [1.165, 1.54) is 0 Å². The number of aromatic nitrogens is 1. The van der Waals surface area contributed by atoms with Gasteiger partial charge in [-0.3, -0.25) is 9.78 Å². The van der Waals surface area contributed by atoms with E-state index in [4.69, 9.17) is 4.74 Å². The van der Waals surface area contributed by atoms with Crippen LogP contribution in [0.5, 0.6) is 5.75 Å². The molecule has 0 radical (unpaired) electrons. The lowest BCUT2D eigenvalue weighted by atomic mass is 10.0. The molecule has 17 heavy (non-hydrogen) atoms. The largest absolute Gasteiger partial charge is 0.496 e. The van der Waals surface area contributed by atoms with Gasteiger partial charge in [-0.2, -0.15) is 0 Å². The fourth-order valence-electron chi connectivity index (χ4n) is 1.74. The van der Waals surface area contributed by atoms with E-state index in [2.05, 4.69) is 4.98 Å². The van der Waals surface area contributed by atoms with Crippen LogP contribution in [0.4, 0.5) is 0 Å². The highest BCUT2D eigenvalue weighted by Crippen LogP contribution is 2.25. The molecule has 3 heteroatoms. The number of carbonyl (C=O) groups excluding carboxylic acids is 1. The van der Waals surface area contributed by atoms with Crippen LogP contribution in [0.15, 0.2) is 36.7 Å². The smallest absolute Gasteiger partial charge is 0.151 e. The molecule has 1 heterocycles. The van der Waals surface area contributed by atoms with Crippen molar-refractivity contribution in [3.8, 4) is 16.9 Å². The predicted octanol–water partition coefficient (Wildman–Crippen LogP) is 2.88. The molecule has 0 unspecified atom stereocenters. The number of aldehydes is 1. The van der Waals surface area contributed by atoms with Gasteiger partial charge in [-0.05, 0) is 36.2 Å². The van der Waals surface area contributed by atoms with Crippen molar-refractivity contribution in [2.45, 2.75) is 6.92 Å². The van der Waals surface area contributed by atoms with Crippen LogP contribution in [0, 0.1) is 6.92 Å². The standard InChI is InChI=1S/C14H13NO2/c1-10-5-12(3-4-14(10)17-2)13-6-11(9-16)7-15-8-13/h3-9H,1-2H3. The minimum atomic E-state index is 0.580. The Hall–Kier alpha value is -2.16. The quantitative estimate of drug-likeness (QED) is 0.757. The maximum Gasteiger partial charge on any atom is 0.151 e. The SMILES string of the molecule is COc1ccc(-c2cncc(C=O)c2)cc1C. The Morgan fingerprint density at radius 2 is 2.00 bits per heavy atom. The van der Waals surface area contributed by atoms with Crippen LogP contribution in [-0.2, 0) is 0 Å². The van der Waals surface area contributed by atoms with Gasteiger partial charge in [0.2, 0.25) is 0 Å². The summed E-state index contributed by atoms with van der Waals surface area (Å²) >= 11 is 0. The van der Waals surface area contributed by atoms with Crippen molar-refractivity contribution < 1.29 is 9.53 Å². The minimum absolute atomic E-state index is 0.580. The molecule has 2 aromatic rings. The summed E-state index contributed by atoms with van der Waals surface area (Å²) in [5.74, 6) is 0.855. The van der Waals surface area contributed by atoms with Gasteiger partial charge in [-0.25, -0.2) is 0 Å². The zero-order valence-corrected chi connectivity index (χ0v) is 9.81. The van der Waals surface area contributed by atoms with Crippen molar-refractivity contribution >= 4 is 6.29 Å². The molecule has 0 spiro atoms. The van der Waals surface area contributed by atoms with Gasteiger partial charge < -0.3 is 4.74 Å². The fraction of sp³-hybridized carbons (Fsp3) is 0.143. The second kappa shape index (κ2) is 4.78. The average Bonchev–Trinajstić information content (AvgIpc) is 2.38. The van der Waals surface area contributed by atoms with E-state index in [0.717, 1.165) is 28.7 Å². The molecule has 0 bridgehead atoms. The predicted molar refractivity (Wildman–Crippen MR) is 66.3 cm³/mol. The number of rotatable bonds is 3. The maximum atomic E-state index is 10.7. The Balaban J connectivity index is 2.45. The molecule has 1 aromatic carbocycles. The first kappa shape index (κ1) is 11.3. The summed E-state index contributed by atoms with van der Waals surface area (Å²) in [6, 6.07) is 7.71. The van der Waals surface area contributed by atoms with Crippen molar-refractivity contribution in [2.24, 2.45) is 0 Å². The van der Waals surface area contributed by atoms with Crippen molar-refractivity contribution in [3.63, 3.8) is 0 Å². The zero-order valence-electron chi connectivity index (χ0n) is 9.81. The molecule has 0 aliphatic carbocycles. The minimum Gasteiger partial charge on any atom is -0.496 e. The molecule has 0 N–H and O–H groups in total. The van der Waals surface area contributed by atoms with Crippen LogP contribution in [0.25, 0.3) is 11.1 Å². The first-order valence-corrected chi connectivity index (χ1v) is 5.30. The Bertz CT molecular complexity index is 550. The molecule has 0 atom stereocenters. The first-order valence-electron chi connectivity index (χ1n) is 5.30. The highest BCUT2D eigenvalue weighted by molar-refractivity contribution is 5.78. The van der Waals surface area contributed by atoms with Crippen molar-refractivity contribution in [2.75, 3.05) is 7.11 Å². The summed E-state index contributed by atoms with van der Waals surface area (Å²) in [5, 5.41) is 0. The number of ether oxygens (including phenoxy) is 1. The summed E-state index contributed by atoms with van der Waals surface area (Å²) in [7, 11) is 1.65. The van der Waals surface area contributed by atoms with Crippen LogP contribution >= 0.6 is 0 Å². The molecule has 0 saturated carbocycles. The summed E-state index contributed by atoms with van der Waals surface area (Å²) in [4.78, 5) is 14.7. The summed E-state index contributed by atoms with van der Waals surface area (Å²) in [6.45, 7) is 1.99. The van der Waals surface area contributed by atoms with E-state index in [1.54, 1.807) is 19.5 Å². The third-order valence-electron chi connectivity index (χ3n) is 2.62.